The van der Waals surface area contributed by atoms with E-state index in [0.717, 1.165) is 17.5 Å². The fourth-order valence-electron chi connectivity index (χ4n) is 3.54. The number of carbonyl (C=O) groups excluding carboxylic acids is 1. The molecule has 0 saturated carbocycles. The molecule has 0 bridgehead atoms. The van der Waals surface area contributed by atoms with Crippen LogP contribution >= 0.6 is 0 Å². The van der Waals surface area contributed by atoms with Gasteiger partial charge >= 0.3 is 12.0 Å². The lowest BCUT2D eigenvalue weighted by Gasteiger charge is -2.36. The van der Waals surface area contributed by atoms with Gasteiger partial charge in [-0.05, 0) is 30.4 Å². The van der Waals surface area contributed by atoms with E-state index in [1.54, 1.807) is 9.80 Å². The van der Waals surface area contributed by atoms with Gasteiger partial charge in [0.1, 0.15) is 5.54 Å². The van der Waals surface area contributed by atoms with Crippen LogP contribution in [0.5, 0.6) is 0 Å². The second kappa shape index (κ2) is 5.06. The second-order valence-corrected chi connectivity index (χ2v) is 5.85. The Bertz CT molecular complexity index is 562. The van der Waals surface area contributed by atoms with E-state index in [1.807, 2.05) is 31.2 Å². The van der Waals surface area contributed by atoms with E-state index in [4.69, 9.17) is 0 Å². The number of urea groups is 1. The number of hydrogen-bond donors (Lipinski definition) is 1. The van der Waals surface area contributed by atoms with Crippen LogP contribution < -0.4 is 0 Å². The maximum absolute atomic E-state index is 12.8. The van der Waals surface area contributed by atoms with Gasteiger partial charge in [0.25, 0.3) is 0 Å². The Balaban J connectivity index is 1.82. The zero-order valence-corrected chi connectivity index (χ0v) is 12.2. The predicted octanol–water partition coefficient (Wildman–Crippen LogP) is 2.45. The fraction of sp³-hybridized carbons (Fsp3) is 0.500. The van der Waals surface area contributed by atoms with Crippen LogP contribution in [0.1, 0.15) is 37.3 Å². The first-order valence-corrected chi connectivity index (χ1v) is 7.45. The molecule has 1 unspecified atom stereocenters. The summed E-state index contributed by atoms with van der Waals surface area (Å²) in [7, 11) is 0. The topological polar surface area (TPSA) is 60.9 Å². The molecular formula is C16H20N2O3. The molecule has 21 heavy (non-hydrogen) atoms. The molecule has 2 amide bonds. The smallest absolute Gasteiger partial charge is 0.329 e. The number of fused-ring (bicyclic) bond motifs is 1. The summed E-state index contributed by atoms with van der Waals surface area (Å²) in [6.45, 7) is 3.53. The van der Waals surface area contributed by atoms with Gasteiger partial charge in [0, 0.05) is 19.6 Å². The summed E-state index contributed by atoms with van der Waals surface area (Å²) >= 11 is 0. The van der Waals surface area contributed by atoms with Crippen LogP contribution in [0.15, 0.2) is 24.3 Å². The molecule has 1 atom stereocenters. The first kappa shape index (κ1) is 13.9. The van der Waals surface area contributed by atoms with Crippen LogP contribution in [0.25, 0.3) is 0 Å². The highest BCUT2D eigenvalue weighted by Crippen LogP contribution is 2.35. The monoisotopic (exact) mass is 288 g/mol. The van der Waals surface area contributed by atoms with Crippen LogP contribution in [0.2, 0.25) is 0 Å². The van der Waals surface area contributed by atoms with Crippen molar-refractivity contribution in [3.8, 4) is 0 Å². The molecule has 2 heterocycles. The standard InChI is InChI=1S/C16H20N2O3/c1-2-16(14(19)20)8-5-9-18(16)15(21)17-10-12-6-3-4-7-13(12)11-17/h3-4,6-7H,2,5,8-11H2,1H3,(H,19,20). The summed E-state index contributed by atoms with van der Waals surface area (Å²) in [5.74, 6) is -0.882. The number of carboxylic acids is 1. The van der Waals surface area contributed by atoms with E-state index in [9.17, 15) is 14.7 Å². The van der Waals surface area contributed by atoms with Gasteiger partial charge in [-0.3, -0.25) is 0 Å². The van der Waals surface area contributed by atoms with Gasteiger partial charge in [0.05, 0.1) is 0 Å². The van der Waals surface area contributed by atoms with Crippen LogP contribution in [0, 0.1) is 0 Å². The first-order valence-electron chi connectivity index (χ1n) is 7.45. The number of carbonyl (C=O) groups is 2. The molecule has 112 valence electrons. The van der Waals surface area contributed by atoms with Crippen molar-refractivity contribution in [2.24, 2.45) is 0 Å². The van der Waals surface area contributed by atoms with Crippen molar-refractivity contribution >= 4 is 12.0 Å². The number of benzene rings is 1. The lowest BCUT2D eigenvalue weighted by atomic mass is 9.93. The molecule has 0 spiro atoms. The molecule has 1 aromatic carbocycles. The summed E-state index contributed by atoms with van der Waals surface area (Å²) in [5, 5.41) is 9.59. The highest BCUT2D eigenvalue weighted by Gasteiger charge is 2.49. The van der Waals surface area contributed by atoms with Gasteiger partial charge in [-0.1, -0.05) is 31.2 Å². The lowest BCUT2D eigenvalue weighted by Crippen LogP contribution is -2.55. The number of likely N-dealkylation sites (tertiary alicyclic amines) is 1. The van der Waals surface area contributed by atoms with E-state index in [2.05, 4.69) is 0 Å². The highest BCUT2D eigenvalue weighted by molar-refractivity contribution is 5.87. The Morgan fingerprint density at radius 2 is 1.86 bits per heavy atom. The Morgan fingerprint density at radius 3 is 2.38 bits per heavy atom. The lowest BCUT2D eigenvalue weighted by molar-refractivity contribution is -0.148. The summed E-state index contributed by atoms with van der Waals surface area (Å²) in [6.07, 6.45) is 1.76. The third-order valence-corrected chi connectivity index (χ3v) is 4.81. The minimum atomic E-state index is -1.02. The minimum Gasteiger partial charge on any atom is -0.479 e. The van der Waals surface area contributed by atoms with E-state index in [-0.39, 0.29) is 6.03 Å². The van der Waals surface area contributed by atoms with E-state index in [1.165, 1.54) is 0 Å². The molecule has 1 fully saturated rings. The molecule has 1 saturated heterocycles. The van der Waals surface area contributed by atoms with Gasteiger partial charge in [-0.2, -0.15) is 0 Å². The molecule has 5 heteroatoms. The number of nitrogens with zero attached hydrogens (tertiary/aromatic N) is 2. The summed E-state index contributed by atoms with van der Waals surface area (Å²) < 4.78 is 0. The van der Waals surface area contributed by atoms with Crippen molar-refractivity contribution in [2.45, 2.75) is 44.8 Å². The SMILES string of the molecule is CCC1(C(=O)O)CCCN1C(=O)N1Cc2ccccc2C1. The first-order chi connectivity index (χ1) is 10.1. The molecule has 1 N–H and O–H groups in total. The second-order valence-electron chi connectivity index (χ2n) is 5.85. The largest absolute Gasteiger partial charge is 0.479 e. The van der Waals surface area contributed by atoms with Gasteiger partial charge in [-0.25, -0.2) is 9.59 Å². The molecule has 2 aliphatic heterocycles. The zero-order valence-electron chi connectivity index (χ0n) is 12.2. The Hall–Kier alpha value is -2.04. The molecule has 3 rings (SSSR count). The highest BCUT2D eigenvalue weighted by atomic mass is 16.4. The zero-order chi connectivity index (χ0) is 15.0. The van der Waals surface area contributed by atoms with Gasteiger partial charge in [-0.15, -0.1) is 0 Å². The summed E-state index contributed by atoms with van der Waals surface area (Å²) in [4.78, 5) is 27.8. The van der Waals surface area contributed by atoms with E-state index in [0.29, 0.717) is 32.5 Å². The molecule has 0 radical (unpaired) electrons. The van der Waals surface area contributed by atoms with Crippen LogP contribution in [0.4, 0.5) is 4.79 Å². The van der Waals surface area contributed by atoms with Gasteiger partial charge in [0.15, 0.2) is 0 Å². The maximum Gasteiger partial charge on any atom is 0.329 e. The molecular weight excluding hydrogens is 268 g/mol. The number of aliphatic carboxylic acids is 1. The van der Waals surface area contributed by atoms with E-state index < -0.39 is 11.5 Å². The van der Waals surface area contributed by atoms with Crippen LogP contribution in [-0.2, 0) is 17.9 Å². The van der Waals surface area contributed by atoms with Gasteiger partial charge < -0.3 is 14.9 Å². The number of carboxylic acid groups (broad SMARTS) is 1. The molecule has 0 aliphatic carbocycles. The normalized spacial score (nSPS) is 24.2. The molecule has 1 aromatic rings. The van der Waals surface area contributed by atoms with Crippen molar-refractivity contribution in [3.05, 3.63) is 35.4 Å². The Kier molecular flexibility index (Phi) is 3.35. The van der Waals surface area contributed by atoms with Gasteiger partial charge in [0.2, 0.25) is 0 Å². The summed E-state index contributed by atoms with van der Waals surface area (Å²) in [6, 6.07) is 7.84. The van der Waals surface area contributed by atoms with Crippen molar-refractivity contribution in [1.82, 2.24) is 9.80 Å². The number of rotatable bonds is 2. The van der Waals surface area contributed by atoms with Crippen molar-refractivity contribution in [2.75, 3.05) is 6.54 Å². The average Bonchev–Trinajstić information content (AvgIpc) is 3.10. The number of hydrogen-bond acceptors (Lipinski definition) is 2. The Labute approximate surface area is 124 Å². The van der Waals surface area contributed by atoms with Crippen molar-refractivity contribution in [3.63, 3.8) is 0 Å². The third kappa shape index (κ3) is 2.07. The molecule has 5 nitrogen and oxygen atoms in total. The molecule has 2 aliphatic rings. The third-order valence-electron chi connectivity index (χ3n) is 4.81. The quantitative estimate of drug-likeness (QED) is 0.909. The molecule has 0 aromatic heterocycles. The maximum atomic E-state index is 12.8. The van der Waals surface area contributed by atoms with Crippen molar-refractivity contribution < 1.29 is 14.7 Å². The fourth-order valence-corrected chi connectivity index (χ4v) is 3.54. The number of amides is 2. The predicted molar refractivity (Wildman–Crippen MR) is 77.7 cm³/mol. The summed E-state index contributed by atoms with van der Waals surface area (Å²) in [5.41, 5.74) is 1.29. The average molecular weight is 288 g/mol. The Morgan fingerprint density at radius 1 is 1.24 bits per heavy atom. The van der Waals surface area contributed by atoms with Crippen molar-refractivity contribution in [1.29, 1.82) is 0 Å². The van der Waals surface area contributed by atoms with E-state index >= 15 is 0 Å². The minimum absolute atomic E-state index is 0.145. The van der Waals surface area contributed by atoms with Crippen LogP contribution in [0.3, 0.4) is 0 Å². The van der Waals surface area contributed by atoms with Crippen LogP contribution in [-0.4, -0.2) is 39.0 Å².